The Balaban J connectivity index is 2.02. The van der Waals surface area contributed by atoms with Crippen molar-refractivity contribution in [3.05, 3.63) is 60.2 Å². The molecule has 0 aliphatic rings. The summed E-state index contributed by atoms with van der Waals surface area (Å²) >= 11 is 0. The zero-order valence-corrected chi connectivity index (χ0v) is 15.9. The lowest BCUT2D eigenvalue weighted by Gasteiger charge is -2.29. The molecule has 4 heteroatoms. The molecule has 26 heavy (non-hydrogen) atoms. The summed E-state index contributed by atoms with van der Waals surface area (Å²) in [6.45, 7) is 4.31. The van der Waals surface area contributed by atoms with Gasteiger partial charge in [-0.2, -0.15) is 0 Å². The van der Waals surface area contributed by atoms with E-state index in [-0.39, 0.29) is 12.0 Å². The van der Waals surface area contributed by atoms with Crippen LogP contribution >= 0.6 is 0 Å². The van der Waals surface area contributed by atoms with Crippen molar-refractivity contribution in [3.63, 3.8) is 0 Å². The summed E-state index contributed by atoms with van der Waals surface area (Å²) in [6, 6.07) is 18.5. The van der Waals surface area contributed by atoms with Gasteiger partial charge in [0.15, 0.2) is 0 Å². The summed E-state index contributed by atoms with van der Waals surface area (Å²) in [5, 5.41) is 0. The fourth-order valence-corrected chi connectivity index (χ4v) is 3.24. The minimum atomic E-state index is -0.728. The third-order valence-corrected chi connectivity index (χ3v) is 4.50. The van der Waals surface area contributed by atoms with Crippen molar-refractivity contribution in [3.8, 4) is 11.1 Å². The smallest absolute Gasteiger partial charge is 0.314 e. The van der Waals surface area contributed by atoms with Crippen molar-refractivity contribution in [1.29, 1.82) is 0 Å². The lowest BCUT2D eigenvalue weighted by atomic mass is 9.82. The molecule has 0 radical (unpaired) electrons. The molecule has 0 aliphatic heterocycles. The van der Waals surface area contributed by atoms with E-state index in [2.05, 4.69) is 36.4 Å². The fraction of sp³-hybridized carbons (Fsp3) is 0.409. The first kappa shape index (κ1) is 20.1. The summed E-state index contributed by atoms with van der Waals surface area (Å²) in [5.41, 5.74) is 9.14. The van der Waals surface area contributed by atoms with Gasteiger partial charge in [-0.1, -0.05) is 54.6 Å². The van der Waals surface area contributed by atoms with E-state index in [1.807, 2.05) is 25.1 Å². The standard InChI is InChI=1S/C22H29NO3/c1-4-26-21(24)22(2,16-25-3)15-20(23)14-17-10-12-19(13-11-17)18-8-6-5-7-9-18/h5-13,20H,4,14-16,23H2,1-3H3/t20-,22+/m1/s1. The molecule has 2 rings (SSSR count). The maximum absolute atomic E-state index is 12.3. The molecule has 0 heterocycles. The Morgan fingerprint density at radius 1 is 1.08 bits per heavy atom. The van der Waals surface area contributed by atoms with E-state index in [0.29, 0.717) is 26.1 Å². The molecule has 0 saturated heterocycles. The highest BCUT2D eigenvalue weighted by Gasteiger charge is 2.36. The van der Waals surface area contributed by atoms with Crippen LogP contribution in [0.2, 0.25) is 0 Å². The number of rotatable bonds is 9. The number of hydrogen-bond donors (Lipinski definition) is 1. The topological polar surface area (TPSA) is 61.5 Å². The number of hydrogen-bond acceptors (Lipinski definition) is 4. The van der Waals surface area contributed by atoms with Gasteiger partial charge in [0.2, 0.25) is 0 Å². The fourth-order valence-electron chi connectivity index (χ4n) is 3.24. The van der Waals surface area contributed by atoms with Gasteiger partial charge in [-0.3, -0.25) is 4.79 Å². The van der Waals surface area contributed by atoms with Gasteiger partial charge in [0.05, 0.1) is 18.6 Å². The van der Waals surface area contributed by atoms with Gasteiger partial charge >= 0.3 is 5.97 Å². The van der Waals surface area contributed by atoms with Gasteiger partial charge in [0.1, 0.15) is 0 Å². The minimum Gasteiger partial charge on any atom is -0.466 e. The third-order valence-electron chi connectivity index (χ3n) is 4.50. The minimum absolute atomic E-state index is 0.151. The van der Waals surface area contributed by atoms with Gasteiger partial charge in [-0.15, -0.1) is 0 Å². The zero-order chi connectivity index (χ0) is 19.0. The molecule has 2 atom stereocenters. The van der Waals surface area contributed by atoms with Crippen LogP contribution in [0.1, 0.15) is 25.8 Å². The van der Waals surface area contributed by atoms with Crippen LogP contribution in [-0.4, -0.2) is 32.3 Å². The van der Waals surface area contributed by atoms with Crippen molar-refractivity contribution in [1.82, 2.24) is 0 Å². The predicted molar refractivity (Wildman–Crippen MR) is 105 cm³/mol. The number of nitrogens with two attached hydrogens (primary N) is 1. The molecule has 4 nitrogen and oxygen atoms in total. The molecule has 2 aromatic rings. The number of benzene rings is 2. The molecule has 0 aromatic heterocycles. The highest BCUT2D eigenvalue weighted by atomic mass is 16.5. The Bertz CT molecular complexity index is 684. The second kappa shape index (κ2) is 9.51. The first-order valence-corrected chi connectivity index (χ1v) is 9.04. The van der Waals surface area contributed by atoms with Crippen LogP contribution in [0.4, 0.5) is 0 Å². The average molecular weight is 355 g/mol. The first-order valence-electron chi connectivity index (χ1n) is 9.04. The van der Waals surface area contributed by atoms with Gasteiger partial charge < -0.3 is 15.2 Å². The molecule has 0 unspecified atom stereocenters. The maximum Gasteiger partial charge on any atom is 0.314 e. The molecular weight excluding hydrogens is 326 g/mol. The first-order chi connectivity index (χ1) is 12.5. The normalized spacial score (nSPS) is 14.5. The number of esters is 1. The largest absolute Gasteiger partial charge is 0.466 e. The van der Waals surface area contributed by atoms with Crippen LogP contribution < -0.4 is 5.73 Å². The van der Waals surface area contributed by atoms with Crippen LogP contribution in [0.5, 0.6) is 0 Å². The predicted octanol–water partition coefficient (Wildman–Crippen LogP) is 3.83. The Hall–Kier alpha value is -2.17. The quantitative estimate of drug-likeness (QED) is 0.695. The molecule has 2 N–H and O–H groups in total. The SMILES string of the molecule is CCOC(=O)[C@](C)(COC)C[C@H](N)Cc1ccc(-c2ccccc2)cc1. The van der Waals surface area contributed by atoms with E-state index in [9.17, 15) is 4.79 Å². The molecule has 0 aliphatic carbocycles. The van der Waals surface area contributed by atoms with E-state index >= 15 is 0 Å². The Labute approximate surface area is 156 Å². The molecule has 0 spiro atoms. The van der Waals surface area contributed by atoms with Crippen molar-refractivity contribution < 1.29 is 14.3 Å². The van der Waals surface area contributed by atoms with E-state index in [0.717, 1.165) is 5.56 Å². The monoisotopic (exact) mass is 355 g/mol. The second-order valence-corrected chi connectivity index (χ2v) is 6.95. The summed E-state index contributed by atoms with van der Waals surface area (Å²) in [7, 11) is 1.59. The van der Waals surface area contributed by atoms with E-state index in [1.54, 1.807) is 14.0 Å². The summed E-state index contributed by atoms with van der Waals surface area (Å²) in [6.07, 6.45) is 1.22. The zero-order valence-electron chi connectivity index (χ0n) is 15.9. The van der Waals surface area contributed by atoms with Crippen molar-refractivity contribution in [2.24, 2.45) is 11.1 Å². The summed E-state index contributed by atoms with van der Waals surface area (Å²) in [4.78, 5) is 12.3. The lowest BCUT2D eigenvalue weighted by molar-refractivity contribution is -0.158. The maximum atomic E-state index is 12.3. The van der Waals surface area contributed by atoms with Crippen molar-refractivity contribution >= 4 is 5.97 Å². The molecule has 140 valence electrons. The van der Waals surface area contributed by atoms with Gasteiger partial charge in [0.25, 0.3) is 0 Å². The average Bonchev–Trinajstić information content (AvgIpc) is 2.63. The van der Waals surface area contributed by atoms with Gasteiger partial charge in [-0.25, -0.2) is 0 Å². The van der Waals surface area contributed by atoms with Crippen LogP contribution in [0.25, 0.3) is 11.1 Å². The number of methoxy groups -OCH3 is 1. The van der Waals surface area contributed by atoms with Crippen molar-refractivity contribution in [2.75, 3.05) is 20.3 Å². The molecule has 0 saturated carbocycles. The van der Waals surface area contributed by atoms with Crippen LogP contribution in [0.3, 0.4) is 0 Å². The number of carbonyl (C=O) groups is 1. The summed E-state index contributed by atoms with van der Waals surface area (Å²) in [5.74, 6) is -0.253. The number of ether oxygens (including phenoxy) is 2. The van der Waals surface area contributed by atoms with Gasteiger partial charge in [0, 0.05) is 13.2 Å². The summed E-state index contributed by atoms with van der Waals surface area (Å²) < 4.78 is 10.4. The Kier molecular flexibility index (Phi) is 7.37. The van der Waals surface area contributed by atoms with Crippen LogP contribution in [-0.2, 0) is 20.7 Å². The highest BCUT2D eigenvalue weighted by Crippen LogP contribution is 2.27. The lowest BCUT2D eigenvalue weighted by Crippen LogP contribution is -2.41. The second-order valence-electron chi connectivity index (χ2n) is 6.95. The van der Waals surface area contributed by atoms with Crippen LogP contribution in [0, 0.1) is 5.41 Å². The Morgan fingerprint density at radius 3 is 2.27 bits per heavy atom. The van der Waals surface area contributed by atoms with E-state index < -0.39 is 5.41 Å². The van der Waals surface area contributed by atoms with Gasteiger partial charge in [-0.05, 0) is 43.4 Å². The molecule has 0 fully saturated rings. The van der Waals surface area contributed by atoms with E-state index in [4.69, 9.17) is 15.2 Å². The molecule has 2 aromatic carbocycles. The Morgan fingerprint density at radius 2 is 1.69 bits per heavy atom. The third kappa shape index (κ3) is 5.41. The molecule has 0 bridgehead atoms. The van der Waals surface area contributed by atoms with Crippen LogP contribution in [0.15, 0.2) is 54.6 Å². The number of carbonyl (C=O) groups excluding carboxylic acids is 1. The highest BCUT2D eigenvalue weighted by molar-refractivity contribution is 5.76. The molecular formula is C22H29NO3. The van der Waals surface area contributed by atoms with E-state index in [1.165, 1.54) is 11.1 Å². The van der Waals surface area contributed by atoms with Crippen molar-refractivity contribution in [2.45, 2.75) is 32.7 Å². The molecule has 0 amide bonds.